The van der Waals surface area contributed by atoms with Crippen LogP contribution in [0.4, 0.5) is 0 Å². The van der Waals surface area contributed by atoms with Crippen LogP contribution in [0.1, 0.15) is 51.3 Å². The third-order valence-corrected chi connectivity index (χ3v) is 8.32. The van der Waals surface area contributed by atoms with Crippen LogP contribution in [0.15, 0.2) is 59.5 Å². The van der Waals surface area contributed by atoms with Crippen molar-refractivity contribution in [3.8, 4) is 11.1 Å². The Morgan fingerprint density at radius 2 is 1.66 bits per heavy atom. The lowest BCUT2D eigenvalue weighted by atomic mass is 10.0. The lowest BCUT2D eigenvalue weighted by Gasteiger charge is -2.35. The Hall–Kier alpha value is -1.88. The largest absolute Gasteiger partial charge is 0.299 e. The minimum Gasteiger partial charge on any atom is -0.299 e. The zero-order chi connectivity index (χ0) is 22.1. The van der Waals surface area contributed by atoms with Gasteiger partial charge in [0, 0.05) is 28.9 Å². The molecule has 1 aromatic heterocycles. The highest BCUT2D eigenvalue weighted by atomic mass is 32.2. The summed E-state index contributed by atoms with van der Waals surface area (Å²) < 4.78 is 0. The number of nitrogens with zero attached hydrogens (tertiary/aromatic N) is 3. The monoisotopic (exact) mass is 445 g/mol. The fourth-order valence-electron chi connectivity index (χ4n) is 5.56. The van der Waals surface area contributed by atoms with Crippen molar-refractivity contribution >= 4 is 22.7 Å². The molecule has 0 saturated carbocycles. The smallest absolute Gasteiger partial charge is 0.0706 e. The van der Waals surface area contributed by atoms with E-state index in [1.807, 2.05) is 0 Å². The van der Waals surface area contributed by atoms with E-state index in [-0.39, 0.29) is 0 Å². The van der Waals surface area contributed by atoms with Gasteiger partial charge in [-0.1, -0.05) is 24.3 Å². The molecule has 1 unspecified atom stereocenters. The summed E-state index contributed by atoms with van der Waals surface area (Å²) in [7, 11) is 0. The molecule has 0 spiro atoms. The molecule has 4 heteroatoms. The summed E-state index contributed by atoms with van der Waals surface area (Å²) in [5, 5.41) is 1.22. The maximum atomic E-state index is 5.21. The summed E-state index contributed by atoms with van der Waals surface area (Å²) in [5.74, 6) is 0. The summed E-state index contributed by atoms with van der Waals surface area (Å²) >= 11 is 1.78. The van der Waals surface area contributed by atoms with Crippen molar-refractivity contribution in [1.82, 2.24) is 14.8 Å². The average Bonchev–Trinajstić information content (AvgIpc) is 3.44. The van der Waals surface area contributed by atoms with Crippen molar-refractivity contribution in [2.45, 2.75) is 62.6 Å². The van der Waals surface area contributed by atoms with Crippen molar-refractivity contribution in [2.75, 3.05) is 25.9 Å². The Morgan fingerprint density at radius 1 is 0.906 bits per heavy atom. The molecule has 168 valence electrons. The zero-order valence-corrected chi connectivity index (χ0v) is 20.4. The van der Waals surface area contributed by atoms with Crippen LogP contribution in [0.3, 0.4) is 0 Å². The zero-order valence-electron chi connectivity index (χ0n) is 19.6. The molecule has 0 bridgehead atoms. The number of pyridine rings is 1. The quantitative estimate of drug-likeness (QED) is 0.396. The third-order valence-electron chi connectivity index (χ3n) is 7.58. The van der Waals surface area contributed by atoms with Gasteiger partial charge in [-0.2, -0.15) is 0 Å². The number of likely N-dealkylation sites (tertiary alicyclic amines) is 2. The normalized spacial score (nSPS) is 23.2. The molecular formula is C28H35N3S. The molecule has 3 nitrogen and oxygen atoms in total. The number of thioether (sulfide) groups is 1. The first-order chi connectivity index (χ1) is 15.6. The molecule has 2 saturated heterocycles. The first-order valence-electron chi connectivity index (χ1n) is 12.2. The van der Waals surface area contributed by atoms with Gasteiger partial charge in [-0.25, -0.2) is 0 Å². The predicted octanol–water partition coefficient (Wildman–Crippen LogP) is 6.63. The molecular weight excluding hydrogens is 410 g/mol. The van der Waals surface area contributed by atoms with Gasteiger partial charge >= 0.3 is 0 Å². The summed E-state index contributed by atoms with van der Waals surface area (Å²) in [6.45, 7) is 8.30. The molecule has 0 aliphatic carbocycles. The molecule has 5 rings (SSSR count). The number of benzene rings is 2. The van der Waals surface area contributed by atoms with Crippen LogP contribution in [0.5, 0.6) is 0 Å². The fraction of sp³-hybridized carbons (Fsp3) is 0.464. The number of hydrogen-bond acceptors (Lipinski definition) is 4. The summed E-state index contributed by atoms with van der Waals surface area (Å²) in [4.78, 5) is 11.9. The molecule has 2 aliphatic rings. The van der Waals surface area contributed by atoms with Crippen LogP contribution in [0.2, 0.25) is 0 Å². The van der Waals surface area contributed by atoms with Gasteiger partial charge in [-0.3, -0.25) is 14.8 Å². The number of fused-ring (bicyclic) bond motifs is 1. The number of aromatic nitrogens is 1. The Morgan fingerprint density at radius 3 is 2.34 bits per heavy atom. The van der Waals surface area contributed by atoms with Crippen LogP contribution >= 0.6 is 11.8 Å². The van der Waals surface area contributed by atoms with Crippen molar-refractivity contribution < 1.29 is 0 Å². The van der Waals surface area contributed by atoms with Crippen molar-refractivity contribution in [2.24, 2.45) is 0 Å². The van der Waals surface area contributed by atoms with Gasteiger partial charge < -0.3 is 0 Å². The number of rotatable bonds is 6. The van der Waals surface area contributed by atoms with Crippen molar-refractivity contribution in [3.05, 3.63) is 60.3 Å². The highest BCUT2D eigenvalue weighted by molar-refractivity contribution is 7.98. The van der Waals surface area contributed by atoms with E-state index in [2.05, 4.69) is 84.5 Å². The molecule has 0 amide bonds. The second-order valence-electron chi connectivity index (χ2n) is 9.60. The van der Waals surface area contributed by atoms with Crippen LogP contribution < -0.4 is 0 Å². The lowest BCUT2D eigenvalue weighted by molar-refractivity contribution is 0.127. The molecule has 2 aromatic carbocycles. The van der Waals surface area contributed by atoms with E-state index in [1.54, 1.807) is 11.8 Å². The highest BCUT2D eigenvalue weighted by Crippen LogP contribution is 2.33. The van der Waals surface area contributed by atoms with Gasteiger partial charge in [-0.15, -0.1) is 11.8 Å². The van der Waals surface area contributed by atoms with E-state index in [0.717, 1.165) is 12.1 Å². The molecule has 3 heterocycles. The Bertz CT molecular complexity index is 1060. The van der Waals surface area contributed by atoms with E-state index in [1.165, 1.54) is 65.9 Å². The van der Waals surface area contributed by atoms with Gasteiger partial charge in [-0.05, 0) is 100 Å². The van der Waals surface area contributed by atoms with Gasteiger partial charge in [0.25, 0.3) is 0 Å². The van der Waals surface area contributed by atoms with Gasteiger partial charge in [0.1, 0.15) is 0 Å². The van der Waals surface area contributed by atoms with Crippen LogP contribution in [0.25, 0.3) is 22.0 Å². The maximum absolute atomic E-state index is 5.21. The second-order valence-corrected chi connectivity index (χ2v) is 10.5. The lowest BCUT2D eigenvalue weighted by Crippen LogP contribution is -2.41. The highest BCUT2D eigenvalue weighted by Gasteiger charge is 2.33. The standard InChI is InChI=1S/C28H35N3S/c1-20-6-4-16-30(20)19-28(31-17-5-7-21(31)2)27-15-11-24-18-23(10-14-26(24)29-27)22-8-12-25(32-3)13-9-22/h8-15,18,20-21,28H,4-7,16-17,19H2,1-3H3/t20-,21-,28?/m1/s1. The van der Waals surface area contributed by atoms with Crippen LogP contribution in [-0.4, -0.2) is 52.8 Å². The Kier molecular flexibility index (Phi) is 6.54. The predicted molar refractivity (Wildman–Crippen MR) is 137 cm³/mol. The summed E-state index contributed by atoms with van der Waals surface area (Å²) in [6.07, 6.45) is 7.38. The molecule has 2 aliphatic heterocycles. The third kappa shape index (κ3) is 4.46. The van der Waals surface area contributed by atoms with Crippen molar-refractivity contribution in [1.29, 1.82) is 0 Å². The van der Waals surface area contributed by atoms with E-state index in [0.29, 0.717) is 18.1 Å². The summed E-state index contributed by atoms with van der Waals surface area (Å²) in [5.41, 5.74) is 4.87. The van der Waals surface area contributed by atoms with Gasteiger partial charge in [0.2, 0.25) is 0 Å². The second kappa shape index (κ2) is 9.54. The Balaban J connectivity index is 1.45. The van der Waals surface area contributed by atoms with Crippen molar-refractivity contribution in [3.63, 3.8) is 0 Å². The van der Waals surface area contributed by atoms with E-state index < -0.39 is 0 Å². The van der Waals surface area contributed by atoms with Crippen LogP contribution in [-0.2, 0) is 0 Å². The van der Waals surface area contributed by atoms with Gasteiger partial charge in [0.15, 0.2) is 0 Å². The Labute approximate surface area is 197 Å². The fourth-order valence-corrected chi connectivity index (χ4v) is 5.97. The topological polar surface area (TPSA) is 19.4 Å². The SMILES string of the molecule is CSc1ccc(-c2ccc3nc(C(CN4CCC[C@H]4C)N4CCC[C@H]4C)ccc3c2)cc1. The van der Waals surface area contributed by atoms with Crippen LogP contribution in [0, 0.1) is 0 Å². The van der Waals surface area contributed by atoms with Gasteiger partial charge in [0.05, 0.1) is 17.3 Å². The van der Waals surface area contributed by atoms with E-state index in [9.17, 15) is 0 Å². The van der Waals surface area contributed by atoms with E-state index in [4.69, 9.17) is 4.98 Å². The molecule has 3 atom stereocenters. The molecule has 0 N–H and O–H groups in total. The molecule has 32 heavy (non-hydrogen) atoms. The molecule has 0 radical (unpaired) electrons. The van der Waals surface area contributed by atoms with E-state index >= 15 is 0 Å². The average molecular weight is 446 g/mol. The minimum absolute atomic E-state index is 0.385. The first-order valence-corrected chi connectivity index (χ1v) is 13.4. The summed E-state index contributed by atoms with van der Waals surface area (Å²) in [6, 6.07) is 21.9. The maximum Gasteiger partial charge on any atom is 0.0706 e. The molecule has 3 aromatic rings. The number of hydrogen-bond donors (Lipinski definition) is 0. The first kappa shape index (κ1) is 21.9. The minimum atomic E-state index is 0.385. The molecule has 2 fully saturated rings.